The molecule has 1 heterocycles. The topological polar surface area (TPSA) is 69.7 Å². The maximum atomic E-state index is 13.7. The highest BCUT2D eigenvalue weighted by Crippen LogP contribution is 2.66. The van der Waals surface area contributed by atoms with Gasteiger partial charge in [-0.05, 0) is 92.8 Å². The van der Waals surface area contributed by atoms with Crippen molar-refractivity contribution in [2.45, 2.75) is 103 Å². The summed E-state index contributed by atoms with van der Waals surface area (Å²) in [7, 11) is 0. The maximum absolute atomic E-state index is 13.7. The normalized spacial score (nSPS) is 48.4. The number of hydrogen-bond acceptors (Lipinski definition) is 5. The van der Waals surface area contributed by atoms with Crippen LogP contribution in [0.2, 0.25) is 0 Å². The Kier molecular flexibility index (Phi) is 6.11. The standard InChI is InChI=1S/C27H40O5/c1-26-12-10-18(32-24-5-3-4-14-31-24)15-17(26)6-7-19-20-8-9-21(22(29)11-13-28)27(20,2)16-23(30)25(19)26/h13,17-21,24-25H,3-12,14-16H2,1-2H3/t17-,18+,19-,20-,21+,24?,25+,26-,27-/m0/s1. The van der Waals surface area contributed by atoms with Gasteiger partial charge in [0.05, 0.1) is 12.5 Å². The average molecular weight is 445 g/mol. The number of Topliss-reactive ketones (excluding diaryl/α,β-unsaturated/α-hetero) is 2. The van der Waals surface area contributed by atoms with E-state index in [9.17, 15) is 14.4 Å². The molecule has 4 saturated carbocycles. The fourth-order valence-electron chi connectivity index (χ4n) is 8.94. The summed E-state index contributed by atoms with van der Waals surface area (Å²) in [6, 6.07) is 0. The predicted molar refractivity (Wildman–Crippen MR) is 120 cm³/mol. The van der Waals surface area contributed by atoms with Gasteiger partial charge in [0.2, 0.25) is 0 Å². The van der Waals surface area contributed by atoms with Crippen LogP contribution >= 0.6 is 0 Å². The van der Waals surface area contributed by atoms with E-state index in [4.69, 9.17) is 9.47 Å². The summed E-state index contributed by atoms with van der Waals surface area (Å²) in [6.07, 6.45) is 12.1. The molecular weight excluding hydrogens is 404 g/mol. The molecule has 5 fully saturated rings. The minimum atomic E-state index is -0.250. The molecule has 0 aromatic heterocycles. The van der Waals surface area contributed by atoms with Crippen LogP contribution in [-0.4, -0.2) is 36.9 Å². The monoisotopic (exact) mass is 444 g/mol. The molecule has 1 unspecified atom stereocenters. The van der Waals surface area contributed by atoms with E-state index in [0.29, 0.717) is 30.0 Å². The highest BCUT2D eigenvalue weighted by atomic mass is 16.7. The van der Waals surface area contributed by atoms with E-state index in [1.807, 2.05) is 0 Å². The first-order valence-electron chi connectivity index (χ1n) is 13.1. The minimum absolute atomic E-state index is 0.00114. The highest BCUT2D eigenvalue weighted by molar-refractivity contribution is 5.93. The molecule has 0 bridgehead atoms. The molecule has 0 aromatic rings. The van der Waals surface area contributed by atoms with Crippen LogP contribution in [0.25, 0.3) is 0 Å². The van der Waals surface area contributed by atoms with Crippen molar-refractivity contribution in [1.82, 2.24) is 0 Å². The van der Waals surface area contributed by atoms with Gasteiger partial charge in [0.1, 0.15) is 17.9 Å². The third-order valence-electron chi connectivity index (χ3n) is 10.5. The van der Waals surface area contributed by atoms with Gasteiger partial charge in [0, 0.05) is 24.9 Å². The molecule has 0 radical (unpaired) electrons. The number of rotatable bonds is 5. The first-order chi connectivity index (χ1) is 15.4. The van der Waals surface area contributed by atoms with E-state index in [1.165, 1.54) is 6.42 Å². The summed E-state index contributed by atoms with van der Waals surface area (Å²) in [5, 5.41) is 0. The quantitative estimate of drug-likeness (QED) is 0.343. The number of ketones is 2. The van der Waals surface area contributed by atoms with Crippen LogP contribution in [0.5, 0.6) is 0 Å². The zero-order valence-electron chi connectivity index (χ0n) is 19.9. The number of ether oxygens (including phenoxy) is 2. The van der Waals surface area contributed by atoms with Gasteiger partial charge in [-0.15, -0.1) is 0 Å². The number of carbonyl (C=O) groups is 3. The lowest BCUT2D eigenvalue weighted by Gasteiger charge is -2.60. The Morgan fingerprint density at radius 3 is 2.69 bits per heavy atom. The molecule has 178 valence electrons. The van der Waals surface area contributed by atoms with E-state index in [1.54, 1.807) is 0 Å². The minimum Gasteiger partial charge on any atom is -0.353 e. The molecule has 0 amide bonds. The van der Waals surface area contributed by atoms with Gasteiger partial charge in [-0.1, -0.05) is 13.8 Å². The van der Waals surface area contributed by atoms with Gasteiger partial charge >= 0.3 is 0 Å². The van der Waals surface area contributed by atoms with Gasteiger partial charge in [-0.3, -0.25) is 9.59 Å². The van der Waals surface area contributed by atoms with Crippen LogP contribution < -0.4 is 0 Å². The highest BCUT2D eigenvalue weighted by Gasteiger charge is 2.64. The summed E-state index contributed by atoms with van der Waals surface area (Å²) in [5.41, 5.74) is -0.195. The molecule has 0 spiro atoms. The Labute approximate surface area is 192 Å². The van der Waals surface area contributed by atoms with Crippen molar-refractivity contribution in [2.24, 2.45) is 40.4 Å². The van der Waals surface area contributed by atoms with Crippen LogP contribution in [0.4, 0.5) is 0 Å². The summed E-state index contributed by atoms with van der Waals surface area (Å²) >= 11 is 0. The van der Waals surface area contributed by atoms with Crippen molar-refractivity contribution in [3.8, 4) is 0 Å². The molecule has 1 saturated heterocycles. The molecule has 5 heteroatoms. The molecular formula is C27H40O5. The van der Waals surface area contributed by atoms with Gasteiger partial charge in [-0.25, -0.2) is 0 Å². The second-order valence-corrected chi connectivity index (χ2v) is 12.0. The zero-order chi connectivity index (χ0) is 22.5. The van der Waals surface area contributed by atoms with E-state index in [-0.39, 0.29) is 47.3 Å². The third-order valence-corrected chi connectivity index (χ3v) is 10.5. The molecule has 5 nitrogen and oxygen atoms in total. The smallest absolute Gasteiger partial charge is 0.157 e. The Morgan fingerprint density at radius 1 is 1.09 bits per heavy atom. The fraction of sp³-hybridized carbons (Fsp3) is 0.889. The molecule has 5 rings (SSSR count). The Hall–Kier alpha value is -1.07. The first kappa shape index (κ1) is 22.7. The number of hydrogen-bond donors (Lipinski definition) is 0. The van der Waals surface area contributed by atoms with Crippen molar-refractivity contribution in [3.63, 3.8) is 0 Å². The lowest BCUT2D eigenvalue weighted by molar-refractivity contribution is -0.211. The van der Waals surface area contributed by atoms with Gasteiger partial charge < -0.3 is 14.3 Å². The first-order valence-corrected chi connectivity index (χ1v) is 13.1. The van der Waals surface area contributed by atoms with Crippen LogP contribution in [0.15, 0.2) is 0 Å². The van der Waals surface area contributed by atoms with Crippen LogP contribution in [0.1, 0.15) is 90.9 Å². The van der Waals surface area contributed by atoms with Crippen LogP contribution in [0, 0.1) is 40.4 Å². The van der Waals surface area contributed by atoms with Crippen molar-refractivity contribution in [2.75, 3.05) is 6.61 Å². The molecule has 1 aliphatic heterocycles. The zero-order valence-corrected chi connectivity index (χ0v) is 19.9. The van der Waals surface area contributed by atoms with Gasteiger partial charge in [0.25, 0.3) is 0 Å². The Bertz CT molecular complexity index is 757. The Morgan fingerprint density at radius 2 is 1.94 bits per heavy atom. The van der Waals surface area contributed by atoms with E-state index in [2.05, 4.69) is 13.8 Å². The predicted octanol–water partition coefficient (Wildman–Crippen LogP) is 4.89. The molecule has 0 aromatic carbocycles. The summed E-state index contributed by atoms with van der Waals surface area (Å²) in [6.45, 7) is 5.37. The molecule has 32 heavy (non-hydrogen) atoms. The lowest BCUT2D eigenvalue weighted by Crippen LogP contribution is -2.58. The summed E-state index contributed by atoms with van der Waals surface area (Å²) < 4.78 is 12.2. The maximum Gasteiger partial charge on any atom is 0.157 e. The number of carbonyl (C=O) groups excluding carboxylic acids is 3. The molecule has 4 aliphatic carbocycles. The van der Waals surface area contributed by atoms with Crippen molar-refractivity contribution < 1.29 is 23.9 Å². The molecule has 0 N–H and O–H groups in total. The second-order valence-electron chi connectivity index (χ2n) is 12.0. The third kappa shape index (κ3) is 3.62. The fourth-order valence-corrected chi connectivity index (χ4v) is 8.94. The summed E-state index contributed by atoms with van der Waals surface area (Å²) in [5.74, 6) is 1.83. The van der Waals surface area contributed by atoms with Gasteiger partial charge in [0.15, 0.2) is 6.29 Å². The lowest BCUT2D eigenvalue weighted by atomic mass is 9.44. The molecule has 5 aliphatic rings. The van der Waals surface area contributed by atoms with E-state index in [0.717, 1.165) is 70.7 Å². The average Bonchev–Trinajstić information content (AvgIpc) is 3.11. The molecule has 9 atom stereocenters. The van der Waals surface area contributed by atoms with E-state index >= 15 is 0 Å². The van der Waals surface area contributed by atoms with Crippen molar-refractivity contribution in [1.29, 1.82) is 0 Å². The van der Waals surface area contributed by atoms with Crippen molar-refractivity contribution >= 4 is 17.9 Å². The number of fused-ring (bicyclic) bond motifs is 5. The number of aldehydes is 1. The second kappa shape index (κ2) is 8.61. The van der Waals surface area contributed by atoms with Gasteiger partial charge in [-0.2, -0.15) is 0 Å². The largest absolute Gasteiger partial charge is 0.353 e. The van der Waals surface area contributed by atoms with Crippen LogP contribution in [0.3, 0.4) is 0 Å². The van der Waals surface area contributed by atoms with Crippen LogP contribution in [-0.2, 0) is 23.9 Å². The Balaban J connectivity index is 1.31. The summed E-state index contributed by atoms with van der Waals surface area (Å²) in [4.78, 5) is 37.4. The van der Waals surface area contributed by atoms with Crippen molar-refractivity contribution in [3.05, 3.63) is 0 Å². The van der Waals surface area contributed by atoms with E-state index < -0.39 is 0 Å². The SMILES string of the molecule is C[C@]12CC[C@@H](OC3CCCCO3)C[C@@H]1CC[C@H]1[C@@H]3CC[C@H](C(=O)CC=O)[C@@]3(C)CC(=O)[C@@H]12.